The molecule has 0 spiro atoms. The van der Waals surface area contributed by atoms with Crippen LogP contribution in [0, 0.1) is 0 Å². The van der Waals surface area contributed by atoms with Crippen molar-refractivity contribution >= 4 is 12.3 Å². The number of aldehydes is 1. The molecule has 5 nitrogen and oxygen atoms in total. The second kappa shape index (κ2) is 5.16. The molecule has 0 N–H and O–H groups in total. The third-order valence-corrected chi connectivity index (χ3v) is 2.09. The molecule has 0 radical (unpaired) electrons. The lowest BCUT2D eigenvalue weighted by Crippen LogP contribution is -2.07. The molecule has 0 fully saturated rings. The van der Waals surface area contributed by atoms with Gasteiger partial charge >= 0.3 is 5.97 Å². The van der Waals surface area contributed by atoms with Crippen LogP contribution in [0.1, 0.15) is 20.7 Å². The van der Waals surface area contributed by atoms with E-state index in [9.17, 15) is 9.59 Å². The van der Waals surface area contributed by atoms with Crippen LogP contribution in [0.2, 0.25) is 0 Å². The van der Waals surface area contributed by atoms with Crippen molar-refractivity contribution in [2.24, 2.45) is 0 Å². The van der Waals surface area contributed by atoms with E-state index in [-0.39, 0.29) is 16.9 Å². The number of carbonyl (C=O) groups is 2. The van der Waals surface area contributed by atoms with Gasteiger partial charge in [-0.2, -0.15) is 0 Å². The number of methoxy groups -OCH3 is 3. The monoisotopic (exact) mass is 224 g/mol. The fourth-order valence-corrected chi connectivity index (χ4v) is 1.29. The number of ether oxygens (including phenoxy) is 3. The van der Waals surface area contributed by atoms with E-state index in [2.05, 4.69) is 4.74 Å². The highest BCUT2D eigenvalue weighted by Crippen LogP contribution is 2.27. The first-order valence-corrected chi connectivity index (χ1v) is 4.47. The molecule has 16 heavy (non-hydrogen) atoms. The van der Waals surface area contributed by atoms with Crippen LogP contribution in [-0.4, -0.2) is 33.6 Å². The van der Waals surface area contributed by atoms with Crippen LogP contribution >= 0.6 is 0 Å². The smallest absolute Gasteiger partial charge is 0.338 e. The van der Waals surface area contributed by atoms with Crippen molar-refractivity contribution in [3.05, 3.63) is 23.3 Å². The molecule has 0 heterocycles. The Labute approximate surface area is 92.9 Å². The molecule has 0 atom stereocenters. The van der Waals surface area contributed by atoms with Crippen LogP contribution in [-0.2, 0) is 4.74 Å². The van der Waals surface area contributed by atoms with Crippen molar-refractivity contribution in [2.45, 2.75) is 0 Å². The molecule has 0 amide bonds. The first-order valence-electron chi connectivity index (χ1n) is 4.47. The highest BCUT2D eigenvalue weighted by atomic mass is 16.5. The molecule has 86 valence electrons. The number of hydrogen-bond donors (Lipinski definition) is 0. The van der Waals surface area contributed by atoms with Crippen molar-refractivity contribution in [3.8, 4) is 11.5 Å². The van der Waals surface area contributed by atoms with E-state index in [1.54, 1.807) is 0 Å². The van der Waals surface area contributed by atoms with E-state index in [1.807, 2.05) is 0 Å². The van der Waals surface area contributed by atoms with Crippen LogP contribution < -0.4 is 9.47 Å². The number of rotatable bonds is 4. The molecule has 0 saturated heterocycles. The van der Waals surface area contributed by atoms with Gasteiger partial charge in [-0.05, 0) is 6.07 Å². The van der Waals surface area contributed by atoms with Gasteiger partial charge in [-0.15, -0.1) is 0 Å². The summed E-state index contributed by atoms with van der Waals surface area (Å²) in [7, 11) is 4.10. The van der Waals surface area contributed by atoms with Crippen LogP contribution in [0.3, 0.4) is 0 Å². The summed E-state index contributed by atoms with van der Waals surface area (Å²) in [6.45, 7) is 0. The molecular formula is C11H12O5. The van der Waals surface area contributed by atoms with Gasteiger partial charge < -0.3 is 14.2 Å². The molecule has 0 aromatic heterocycles. The van der Waals surface area contributed by atoms with Crippen molar-refractivity contribution in [2.75, 3.05) is 21.3 Å². The largest absolute Gasteiger partial charge is 0.497 e. The van der Waals surface area contributed by atoms with Crippen LogP contribution in [0.5, 0.6) is 11.5 Å². The summed E-state index contributed by atoms with van der Waals surface area (Å²) in [5, 5.41) is 0. The maximum Gasteiger partial charge on any atom is 0.338 e. The minimum absolute atomic E-state index is 0.119. The first kappa shape index (κ1) is 12.0. The summed E-state index contributed by atoms with van der Waals surface area (Å²) in [6, 6.07) is 2.95. The molecule has 0 aliphatic rings. The van der Waals surface area contributed by atoms with E-state index in [1.165, 1.54) is 33.5 Å². The summed E-state index contributed by atoms with van der Waals surface area (Å²) in [6.07, 6.45) is 0.546. The Morgan fingerprint density at radius 2 is 1.88 bits per heavy atom. The third kappa shape index (κ3) is 2.13. The van der Waals surface area contributed by atoms with Crippen molar-refractivity contribution in [1.29, 1.82) is 0 Å². The van der Waals surface area contributed by atoms with Gasteiger partial charge in [0.25, 0.3) is 0 Å². The molecule has 1 aromatic rings. The van der Waals surface area contributed by atoms with E-state index >= 15 is 0 Å². The second-order valence-electron chi connectivity index (χ2n) is 2.90. The Bertz CT molecular complexity index is 411. The molecule has 1 aromatic carbocycles. The number of benzene rings is 1. The fraction of sp³-hybridized carbons (Fsp3) is 0.273. The Hall–Kier alpha value is -2.04. The molecule has 0 aliphatic carbocycles. The highest BCUT2D eigenvalue weighted by molar-refractivity contribution is 6.00. The summed E-state index contributed by atoms with van der Waals surface area (Å²) < 4.78 is 14.6. The quantitative estimate of drug-likeness (QED) is 0.570. The second-order valence-corrected chi connectivity index (χ2v) is 2.90. The molecule has 0 aliphatic heterocycles. The number of hydrogen-bond acceptors (Lipinski definition) is 5. The molecule has 0 bridgehead atoms. The van der Waals surface area contributed by atoms with Crippen LogP contribution in [0.15, 0.2) is 12.1 Å². The summed E-state index contributed by atoms with van der Waals surface area (Å²) in [5.74, 6) is 0.0805. The van der Waals surface area contributed by atoms with Gasteiger partial charge in [0.05, 0.1) is 32.5 Å². The van der Waals surface area contributed by atoms with Gasteiger partial charge in [0, 0.05) is 6.07 Å². The Kier molecular flexibility index (Phi) is 3.88. The number of carbonyl (C=O) groups excluding carboxylic acids is 2. The van der Waals surface area contributed by atoms with Crippen LogP contribution in [0.25, 0.3) is 0 Å². The predicted octanol–water partition coefficient (Wildman–Crippen LogP) is 1.30. The Morgan fingerprint density at radius 3 is 2.31 bits per heavy atom. The number of esters is 1. The van der Waals surface area contributed by atoms with Gasteiger partial charge in [0.15, 0.2) is 6.29 Å². The zero-order chi connectivity index (χ0) is 12.1. The maximum atomic E-state index is 11.4. The van der Waals surface area contributed by atoms with E-state index in [4.69, 9.17) is 9.47 Å². The maximum absolute atomic E-state index is 11.4. The van der Waals surface area contributed by atoms with Gasteiger partial charge in [-0.1, -0.05) is 0 Å². The zero-order valence-corrected chi connectivity index (χ0v) is 9.27. The minimum atomic E-state index is -0.612. The first-order chi connectivity index (χ1) is 7.67. The van der Waals surface area contributed by atoms with Crippen LogP contribution in [0.4, 0.5) is 0 Å². The normalized spacial score (nSPS) is 9.44. The summed E-state index contributed by atoms with van der Waals surface area (Å²) >= 11 is 0. The molecule has 1 rings (SSSR count). The minimum Gasteiger partial charge on any atom is -0.497 e. The predicted molar refractivity (Wildman–Crippen MR) is 56.3 cm³/mol. The highest BCUT2D eigenvalue weighted by Gasteiger charge is 2.17. The lowest BCUT2D eigenvalue weighted by atomic mass is 10.1. The lowest BCUT2D eigenvalue weighted by Gasteiger charge is -2.10. The van der Waals surface area contributed by atoms with Gasteiger partial charge in [-0.25, -0.2) is 4.79 Å². The Morgan fingerprint density at radius 1 is 1.19 bits per heavy atom. The van der Waals surface area contributed by atoms with Gasteiger partial charge in [-0.3, -0.25) is 4.79 Å². The molecular weight excluding hydrogens is 212 g/mol. The zero-order valence-electron chi connectivity index (χ0n) is 9.27. The van der Waals surface area contributed by atoms with Gasteiger partial charge in [0.1, 0.15) is 11.5 Å². The Balaban J connectivity index is 3.42. The topological polar surface area (TPSA) is 61.8 Å². The average Bonchev–Trinajstić information content (AvgIpc) is 2.35. The standard InChI is InChI=1S/C11H12O5/c1-14-7-4-8(11(13)16-3)9(6-12)10(5-7)15-2/h4-6H,1-3H3. The van der Waals surface area contributed by atoms with Crippen molar-refractivity contribution < 1.29 is 23.8 Å². The molecule has 0 saturated carbocycles. The average molecular weight is 224 g/mol. The van der Waals surface area contributed by atoms with E-state index in [0.29, 0.717) is 12.0 Å². The molecule has 5 heteroatoms. The molecule has 0 unspecified atom stereocenters. The van der Waals surface area contributed by atoms with Crippen molar-refractivity contribution in [3.63, 3.8) is 0 Å². The van der Waals surface area contributed by atoms with E-state index < -0.39 is 5.97 Å². The van der Waals surface area contributed by atoms with E-state index in [0.717, 1.165) is 0 Å². The van der Waals surface area contributed by atoms with Crippen molar-refractivity contribution in [1.82, 2.24) is 0 Å². The lowest BCUT2D eigenvalue weighted by molar-refractivity contribution is 0.0597. The SMILES string of the molecule is COC(=O)c1cc(OC)cc(OC)c1C=O. The van der Waals surface area contributed by atoms with Gasteiger partial charge in [0.2, 0.25) is 0 Å². The third-order valence-electron chi connectivity index (χ3n) is 2.09. The summed E-state index contributed by atoms with van der Waals surface area (Å²) in [4.78, 5) is 22.3. The summed E-state index contributed by atoms with van der Waals surface area (Å²) in [5.41, 5.74) is 0.267. The fourth-order valence-electron chi connectivity index (χ4n) is 1.29.